The van der Waals surface area contributed by atoms with Gasteiger partial charge in [0.2, 0.25) is 0 Å². The predicted octanol–water partition coefficient (Wildman–Crippen LogP) is 5.19. The van der Waals surface area contributed by atoms with Gasteiger partial charge in [0.1, 0.15) is 37.5 Å². The van der Waals surface area contributed by atoms with Gasteiger partial charge in [-0.25, -0.2) is 0 Å². The number of rotatable bonds is 7. The Morgan fingerprint density at radius 3 is 2.50 bits per heavy atom. The first kappa shape index (κ1) is 21.6. The van der Waals surface area contributed by atoms with Crippen LogP contribution in [0.25, 0.3) is 0 Å². The monoisotopic (exact) mass is 418 g/mol. The Labute approximate surface area is 174 Å². The normalized spacial score (nSPS) is 11.5. The zero-order chi connectivity index (χ0) is 20.4. The summed E-state index contributed by atoms with van der Waals surface area (Å²) in [5.74, 6) is 6.55. The van der Waals surface area contributed by atoms with Crippen LogP contribution < -0.4 is 4.74 Å². The van der Waals surface area contributed by atoms with Crippen LogP contribution in [0.15, 0.2) is 52.8 Å². The molecule has 0 heterocycles. The minimum atomic E-state index is 0.215. The van der Waals surface area contributed by atoms with Crippen molar-refractivity contribution in [3.8, 4) is 17.6 Å². The van der Waals surface area contributed by atoms with Crippen LogP contribution in [-0.4, -0.2) is 31.7 Å². The number of nitrogens with zero attached hydrogens (tertiary/aromatic N) is 2. The van der Waals surface area contributed by atoms with Crippen LogP contribution in [0, 0.1) is 11.8 Å². The molecule has 0 saturated heterocycles. The zero-order valence-corrected chi connectivity index (χ0v) is 17.3. The van der Waals surface area contributed by atoms with Gasteiger partial charge in [-0.1, -0.05) is 45.4 Å². The van der Waals surface area contributed by atoms with Gasteiger partial charge in [0, 0.05) is 16.1 Å². The van der Waals surface area contributed by atoms with Crippen molar-refractivity contribution < 1.29 is 14.4 Å². The van der Waals surface area contributed by atoms with Crippen LogP contribution >= 0.6 is 23.2 Å². The van der Waals surface area contributed by atoms with Crippen LogP contribution in [0.4, 0.5) is 0 Å². The third-order valence-corrected chi connectivity index (χ3v) is 4.01. The summed E-state index contributed by atoms with van der Waals surface area (Å²) in [5, 5.41) is 9.16. The van der Waals surface area contributed by atoms with E-state index >= 15 is 0 Å². The highest BCUT2D eigenvalue weighted by atomic mass is 35.5. The highest BCUT2D eigenvalue weighted by Gasteiger charge is 2.10. The van der Waals surface area contributed by atoms with Gasteiger partial charge in [-0.15, -0.1) is 0 Å². The fourth-order valence-corrected chi connectivity index (χ4v) is 2.53. The maximum absolute atomic E-state index is 6.08. The second-order valence-electron chi connectivity index (χ2n) is 5.46. The van der Waals surface area contributed by atoms with E-state index in [4.69, 9.17) is 37.6 Å². The molecule has 2 rings (SSSR count). The van der Waals surface area contributed by atoms with E-state index in [-0.39, 0.29) is 6.61 Å². The lowest BCUT2D eigenvalue weighted by Crippen LogP contribution is -2.13. The standard InChI is InChI=1S/C21H20Cl2N2O3/c1-4-28-25-21(15(2)24-26-3)16-7-10-19(11-8-16)27-13-5-6-17-14-18(22)9-12-20(17)23/h7-12,14H,4,13H2,1-3H3/b24-15+,25-21-. The Balaban J connectivity index is 2.05. The highest BCUT2D eigenvalue weighted by molar-refractivity contribution is 6.47. The number of benzene rings is 2. The van der Waals surface area contributed by atoms with Crippen molar-refractivity contribution in [2.45, 2.75) is 13.8 Å². The average molecular weight is 419 g/mol. The lowest BCUT2D eigenvalue weighted by atomic mass is 10.1. The molecule has 0 bridgehead atoms. The fourth-order valence-electron chi connectivity index (χ4n) is 2.19. The molecule has 5 nitrogen and oxygen atoms in total. The maximum atomic E-state index is 6.08. The van der Waals surface area contributed by atoms with E-state index in [1.165, 1.54) is 7.11 Å². The van der Waals surface area contributed by atoms with E-state index in [2.05, 4.69) is 22.2 Å². The Morgan fingerprint density at radius 2 is 1.82 bits per heavy atom. The van der Waals surface area contributed by atoms with Gasteiger partial charge in [-0.3, -0.25) is 0 Å². The second-order valence-corrected chi connectivity index (χ2v) is 6.30. The van der Waals surface area contributed by atoms with E-state index in [1.54, 1.807) is 25.1 Å². The molecule has 0 aliphatic rings. The molecule has 28 heavy (non-hydrogen) atoms. The Bertz CT molecular complexity index is 913. The predicted molar refractivity (Wildman–Crippen MR) is 114 cm³/mol. The topological polar surface area (TPSA) is 52.4 Å². The summed E-state index contributed by atoms with van der Waals surface area (Å²) in [6.07, 6.45) is 0. The summed E-state index contributed by atoms with van der Waals surface area (Å²) in [6.45, 7) is 4.33. The van der Waals surface area contributed by atoms with Crippen molar-refractivity contribution in [1.82, 2.24) is 0 Å². The highest BCUT2D eigenvalue weighted by Crippen LogP contribution is 2.19. The SMILES string of the molecule is CCO/N=C(/C(C)=N/OC)c1ccc(OCC#Cc2cc(Cl)ccc2Cl)cc1. The van der Waals surface area contributed by atoms with Crippen LogP contribution in [0.1, 0.15) is 25.0 Å². The van der Waals surface area contributed by atoms with E-state index in [1.807, 2.05) is 31.2 Å². The molecule has 146 valence electrons. The van der Waals surface area contributed by atoms with E-state index < -0.39 is 0 Å². The number of halogens is 2. The van der Waals surface area contributed by atoms with Crippen LogP contribution in [0.2, 0.25) is 10.0 Å². The molecule has 0 spiro atoms. The van der Waals surface area contributed by atoms with Crippen molar-refractivity contribution in [2.24, 2.45) is 10.3 Å². The molecule has 0 aliphatic heterocycles. The van der Waals surface area contributed by atoms with Gasteiger partial charge in [-0.05, 0) is 56.3 Å². The molecule has 0 aliphatic carbocycles. The largest absolute Gasteiger partial charge is 0.481 e. The minimum absolute atomic E-state index is 0.215. The molecule has 0 fully saturated rings. The summed E-state index contributed by atoms with van der Waals surface area (Å²) in [7, 11) is 1.48. The molecule has 2 aromatic carbocycles. The van der Waals surface area contributed by atoms with Gasteiger partial charge >= 0.3 is 0 Å². The number of hydrogen-bond acceptors (Lipinski definition) is 5. The first-order valence-electron chi connectivity index (χ1n) is 8.50. The van der Waals surface area contributed by atoms with Crippen molar-refractivity contribution in [2.75, 3.05) is 20.3 Å². The Hall–Kier alpha value is -2.68. The summed E-state index contributed by atoms with van der Waals surface area (Å²) >= 11 is 12.0. The Kier molecular flexibility index (Phi) is 8.67. The van der Waals surface area contributed by atoms with Crippen molar-refractivity contribution in [1.29, 1.82) is 0 Å². The lowest BCUT2D eigenvalue weighted by molar-refractivity contribution is 0.159. The minimum Gasteiger partial charge on any atom is -0.481 e. The zero-order valence-electron chi connectivity index (χ0n) is 15.8. The summed E-state index contributed by atoms with van der Waals surface area (Å²) in [6, 6.07) is 12.5. The van der Waals surface area contributed by atoms with Crippen LogP contribution in [0.5, 0.6) is 5.75 Å². The first-order valence-corrected chi connectivity index (χ1v) is 9.26. The summed E-state index contributed by atoms with van der Waals surface area (Å²) < 4.78 is 5.65. The van der Waals surface area contributed by atoms with Gasteiger partial charge in [0.15, 0.2) is 0 Å². The van der Waals surface area contributed by atoms with E-state index in [0.717, 1.165) is 5.56 Å². The molecule has 0 saturated carbocycles. The number of hydrogen-bond donors (Lipinski definition) is 0. The summed E-state index contributed by atoms with van der Waals surface area (Å²) in [4.78, 5) is 9.99. The maximum Gasteiger partial charge on any atom is 0.149 e. The number of oxime groups is 2. The third kappa shape index (κ3) is 6.49. The lowest BCUT2D eigenvalue weighted by Gasteiger charge is -2.07. The Morgan fingerprint density at radius 1 is 1.07 bits per heavy atom. The van der Waals surface area contributed by atoms with Gasteiger partial charge in [0.05, 0.1) is 5.02 Å². The molecular weight excluding hydrogens is 399 g/mol. The molecule has 0 atom stereocenters. The fraction of sp³-hybridized carbons (Fsp3) is 0.238. The van der Waals surface area contributed by atoms with Gasteiger partial charge in [-0.2, -0.15) is 0 Å². The molecule has 0 N–H and O–H groups in total. The molecule has 2 aromatic rings. The van der Waals surface area contributed by atoms with Crippen molar-refractivity contribution in [3.63, 3.8) is 0 Å². The van der Waals surface area contributed by atoms with Gasteiger partial charge in [0.25, 0.3) is 0 Å². The summed E-state index contributed by atoms with van der Waals surface area (Å²) in [5.41, 5.74) is 2.69. The molecule has 0 aromatic heterocycles. The molecule has 7 heteroatoms. The van der Waals surface area contributed by atoms with E-state index in [9.17, 15) is 0 Å². The first-order chi connectivity index (χ1) is 13.5. The van der Waals surface area contributed by atoms with Crippen LogP contribution in [0.3, 0.4) is 0 Å². The molecular formula is C21H20Cl2N2O3. The molecule has 0 amide bonds. The molecule has 0 radical (unpaired) electrons. The third-order valence-electron chi connectivity index (χ3n) is 3.45. The smallest absolute Gasteiger partial charge is 0.149 e. The molecule has 0 unspecified atom stereocenters. The average Bonchev–Trinajstić information content (AvgIpc) is 2.69. The van der Waals surface area contributed by atoms with E-state index in [0.29, 0.717) is 39.4 Å². The quantitative estimate of drug-likeness (QED) is 0.353. The van der Waals surface area contributed by atoms with Crippen molar-refractivity contribution >= 4 is 34.6 Å². The number of ether oxygens (including phenoxy) is 1. The van der Waals surface area contributed by atoms with Crippen molar-refractivity contribution in [3.05, 3.63) is 63.6 Å². The van der Waals surface area contributed by atoms with Gasteiger partial charge < -0.3 is 14.4 Å². The van der Waals surface area contributed by atoms with Crippen LogP contribution in [-0.2, 0) is 9.68 Å². The second kappa shape index (κ2) is 11.2.